The number of primary amides is 2. The van der Waals surface area contributed by atoms with Crippen molar-refractivity contribution < 1.29 is 47.9 Å². The second-order valence-electron chi connectivity index (χ2n) is 22.8. The number of fused-ring (bicyclic) bond motifs is 1. The molecule has 19 N–H and O–H groups in total. The fourth-order valence-corrected chi connectivity index (χ4v) is 9.76. The maximum Gasteiger partial charge on any atom is 0.243 e. The highest BCUT2D eigenvalue weighted by molar-refractivity contribution is 5.99. The normalized spacial score (nSPS) is 14.8. The highest BCUT2D eigenvalue weighted by atomic mass is 16.2. The van der Waals surface area contributed by atoms with Crippen LogP contribution in [0.1, 0.15) is 102 Å². The van der Waals surface area contributed by atoms with E-state index in [0.29, 0.717) is 34.8 Å². The summed E-state index contributed by atoms with van der Waals surface area (Å²) in [5.74, 6) is -9.01. The van der Waals surface area contributed by atoms with Crippen LogP contribution in [0.25, 0.3) is 10.9 Å². The molecule has 0 radical (unpaired) electrons. The molecule has 0 aliphatic heterocycles. The van der Waals surface area contributed by atoms with Gasteiger partial charge >= 0.3 is 0 Å². The molecule has 0 fully saturated rings. The zero-order chi connectivity index (χ0) is 64.0. The van der Waals surface area contributed by atoms with Gasteiger partial charge in [0.05, 0.1) is 31.4 Å². The third-order valence-corrected chi connectivity index (χ3v) is 14.7. The van der Waals surface area contributed by atoms with Crippen LogP contribution in [0.15, 0.2) is 80.6 Å². The first-order chi connectivity index (χ1) is 42.0. The van der Waals surface area contributed by atoms with Gasteiger partial charge in [0, 0.05) is 103 Å². The van der Waals surface area contributed by atoms with Gasteiger partial charge in [-0.05, 0) is 48.6 Å². The van der Waals surface area contributed by atoms with Gasteiger partial charge in [-0.15, -0.1) is 0 Å². The Hall–Kier alpha value is -9.74. The third kappa shape index (κ3) is 20.5. The number of aromatic amines is 5. The summed E-state index contributed by atoms with van der Waals surface area (Å²) in [6.07, 6.45) is 12.7. The Morgan fingerprint density at radius 2 is 0.864 bits per heavy atom. The maximum absolute atomic E-state index is 14.8. The SMILES string of the molecule is CC[C@H](C)[C@H](NC(=O)[C@H](CC(C)C)NC(=O)[C@H](Cc1c[nH]c2ccccc12)NC(=O)[C@H](Cc1cnc[nH]1)NC(=O)[C@@H](N)Cc1cnc[nH]1)C(=O)N[C@@H](CCC(N)=O)C(=O)N[C@@H](CC(C)C)C(=O)N[C@@H](Cc1cnc[nH]1)C(=O)N[C@@H](Cc1cnc[nH]1)C(N)=O. The van der Waals surface area contributed by atoms with E-state index < -0.39 is 119 Å². The first-order valence-electron chi connectivity index (χ1n) is 29.2. The van der Waals surface area contributed by atoms with Gasteiger partial charge < -0.3 is 84.7 Å². The number of imidazole rings is 4. The summed E-state index contributed by atoms with van der Waals surface area (Å²) in [7, 11) is 0. The van der Waals surface area contributed by atoms with E-state index in [9.17, 15) is 47.9 Å². The second kappa shape index (κ2) is 32.7. The Morgan fingerprint density at radius 3 is 1.32 bits per heavy atom. The third-order valence-electron chi connectivity index (χ3n) is 14.7. The summed E-state index contributed by atoms with van der Waals surface area (Å²) in [4.78, 5) is 170. The Kier molecular flexibility index (Phi) is 25.0. The number of nitrogens with two attached hydrogens (primary N) is 3. The Balaban J connectivity index is 1.21. The van der Waals surface area contributed by atoms with E-state index in [1.54, 1.807) is 33.9 Å². The molecule has 10 atom stereocenters. The Labute approximate surface area is 507 Å². The fraction of sp³-hybridized carbons (Fsp3) is 0.483. The zero-order valence-electron chi connectivity index (χ0n) is 50.1. The van der Waals surface area contributed by atoms with E-state index >= 15 is 0 Å². The lowest BCUT2D eigenvalue weighted by atomic mass is 9.95. The molecule has 30 nitrogen and oxygen atoms in total. The van der Waals surface area contributed by atoms with Crippen molar-refractivity contribution in [3.8, 4) is 0 Å². The van der Waals surface area contributed by atoms with Gasteiger partial charge in [0.1, 0.15) is 48.3 Å². The Bertz CT molecular complexity index is 3250. The highest BCUT2D eigenvalue weighted by Crippen LogP contribution is 2.21. The molecule has 88 heavy (non-hydrogen) atoms. The van der Waals surface area contributed by atoms with Crippen molar-refractivity contribution in [2.24, 2.45) is 35.0 Å². The predicted octanol–water partition coefficient (Wildman–Crippen LogP) is -1.33. The number of benzene rings is 1. The molecular weight excluding hydrogens is 1140 g/mol. The summed E-state index contributed by atoms with van der Waals surface area (Å²) in [5.41, 5.74) is 20.9. The van der Waals surface area contributed by atoms with Crippen molar-refractivity contribution in [3.63, 3.8) is 0 Å². The smallest absolute Gasteiger partial charge is 0.243 e. The van der Waals surface area contributed by atoms with Gasteiger partial charge in [0.2, 0.25) is 59.1 Å². The molecule has 5 aromatic heterocycles. The van der Waals surface area contributed by atoms with E-state index in [-0.39, 0.29) is 69.6 Å². The maximum atomic E-state index is 14.8. The summed E-state index contributed by atoms with van der Waals surface area (Å²) >= 11 is 0. The van der Waals surface area contributed by atoms with Crippen LogP contribution >= 0.6 is 0 Å². The van der Waals surface area contributed by atoms with Crippen LogP contribution in [-0.4, -0.2) is 158 Å². The van der Waals surface area contributed by atoms with Crippen molar-refractivity contribution in [1.29, 1.82) is 0 Å². The number of aromatic nitrogens is 9. The lowest BCUT2D eigenvalue weighted by molar-refractivity contribution is -0.137. The lowest BCUT2D eigenvalue weighted by Gasteiger charge is -2.30. The molecule has 6 aromatic rings. The number of carbonyl (C=O) groups excluding carboxylic acids is 10. The van der Waals surface area contributed by atoms with Crippen molar-refractivity contribution in [3.05, 3.63) is 109 Å². The van der Waals surface area contributed by atoms with Gasteiger partial charge in [-0.2, -0.15) is 0 Å². The molecule has 6 rings (SSSR count). The Morgan fingerprint density at radius 1 is 0.466 bits per heavy atom. The molecule has 1 aromatic carbocycles. The number of rotatable bonds is 36. The zero-order valence-corrected chi connectivity index (χ0v) is 50.1. The number of amides is 10. The van der Waals surface area contributed by atoms with Crippen molar-refractivity contribution in [1.82, 2.24) is 87.4 Å². The van der Waals surface area contributed by atoms with Crippen LogP contribution in [0.4, 0.5) is 0 Å². The summed E-state index contributed by atoms with van der Waals surface area (Å²) in [6, 6.07) is -4.44. The minimum absolute atomic E-state index is 0.0291. The molecule has 0 saturated heterocycles. The first kappa shape index (κ1) is 67.4. The minimum atomic E-state index is -1.51. The van der Waals surface area contributed by atoms with E-state index in [4.69, 9.17) is 17.2 Å². The molecule has 0 bridgehead atoms. The van der Waals surface area contributed by atoms with Gasteiger partial charge in [-0.3, -0.25) is 47.9 Å². The monoisotopic (exact) mass is 1220 g/mol. The van der Waals surface area contributed by atoms with E-state index in [0.717, 1.165) is 10.9 Å². The molecule has 10 amide bonds. The standard InChI is InChI=1S/C58H82N20O10/c1-7-32(6)49(58(88)71-41(12-13-48(60)79)52(82)74-43(14-30(2)3)53(83)77-47(20-37-25-65-29-70-37)55(85)72-42(50(61)80)18-35-23-63-27-68-35)78-57(87)44(15-31(4)5)75-54(84)45(16-33-21-66-40-11-9-8-10-38(33)40)76-56(86)46(19-36-24-64-28-69-36)73-51(81)39(59)17-34-22-62-26-67-34/h8-11,21-32,39,41-47,49,66H,7,12-20,59H2,1-6H3,(H2,60,79)(H2,61,80)(H,62,67)(H,63,68)(H,64,69)(H,65,70)(H,71,88)(H,72,85)(H,73,81)(H,74,82)(H,75,84)(H,76,86)(H,77,83)(H,78,87)/t32-,39-,41-,42-,43-,44-,45-,46-,47-,49-/m0/s1. The van der Waals surface area contributed by atoms with E-state index in [1.807, 2.05) is 38.1 Å². The first-order valence-corrected chi connectivity index (χ1v) is 29.2. The molecule has 0 aliphatic carbocycles. The van der Waals surface area contributed by atoms with Gasteiger partial charge in [-0.25, -0.2) is 19.9 Å². The van der Waals surface area contributed by atoms with Crippen molar-refractivity contribution in [2.75, 3.05) is 0 Å². The molecule has 0 spiro atoms. The highest BCUT2D eigenvalue weighted by Gasteiger charge is 2.37. The van der Waals surface area contributed by atoms with Crippen molar-refractivity contribution in [2.45, 2.75) is 160 Å². The molecular formula is C58H82N20O10. The minimum Gasteiger partial charge on any atom is -0.370 e. The molecule has 0 saturated carbocycles. The molecule has 474 valence electrons. The molecule has 5 heterocycles. The number of hydrogen-bond donors (Lipinski definition) is 16. The largest absolute Gasteiger partial charge is 0.370 e. The van der Waals surface area contributed by atoms with E-state index in [2.05, 4.69) is 87.4 Å². The van der Waals surface area contributed by atoms with Gasteiger partial charge in [0.15, 0.2) is 0 Å². The van der Waals surface area contributed by atoms with Crippen LogP contribution in [0.3, 0.4) is 0 Å². The number of hydrogen-bond acceptors (Lipinski definition) is 15. The van der Waals surface area contributed by atoms with Crippen molar-refractivity contribution >= 4 is 70.0 Å². The number of H-pyrrole nitrogens is 5. The fourth-order valence-electron chi connectivity index (χ4n) is 9.76. The molecule has 0 aliphatic rings. The topological polar surface area (TPSA) is 476 Å². The van der Waals surface area contributed by atoms with Crippen LogP contribution in [0.2, 0.25) is 0 Å². The predicted molar refractivity (Wildman–Crippen MR) is 321 cm³/mol. The molecule has 30 heteroatoms. The lowest BCUT2D eigenvalue weighted by Crippen LogP contribution is -2.61. The summed E-state index contributed by atoms with van der Waals surface area (Å²) < 4.78 is 0. The van der Waals surface area contributed by atoms with Gasteiger partial charge in [-0.1, -0.05) is 66.2 Å². The average molecular weight is 1220 g/mol. The number of nitrogens with one attached hydrogen (secondary N) is 13. The number of para-hydroxylation sites is 1. The van der Waals surface area contributed by atoms with Crippen LogP contribution in [0, 0.1) is 17.8 Å². The number of nitrogens with zero attached hydrogens (tertiary/aromatic N) is 4. The second-order valence-corrected chi connectivity index (χ2v) is 22.8. The van der Waals surface area contributed by atoms with E-state index in [1.165, 1.54) is 50.1 Å². The average Bonchev–Trinajstić information content (AvgIpc) is 4.49. The van der Waals surface area contributed by atoms with Crippen LogP contribution < -0.4 is 59.7 Å². The van der Waals surface area contributed by atoms with Crippen LogP contribution in [-0.2, 0) is 80.0 Å². The quantitative estimate of drug-likeness (QED) is 0.0217. The number of carbonyl (C=O) groups is 10. The van der Waals surface area contributed by atoms with Crippen LogP contribution in [0.5, 0.6) is 0 Å². The summed E-state index contributed by atoms with van der Waals surface area (Å²) in [5, 5.41) is 22.6. The van der Waals surface area contributed by atoms with Gasteiger partial charge in [0.25, 0.3) is 0 Å². The summed E-state index contributed by atoms with van der Waals surface area (Å²) in [6.45, 7) is 10.7. The molecule has 0 unspecified atom stereocenters.